The minimum absolute atomic E-state index is 0.275. The van der Waals surface area contributed by atoms with Crippen LogP contribution in [0.5, 0.6) is 0 Å². The number of nitrogens with two attached hydrogens (primary N) is 1. The highest BCUT2D eigenvalue weighted by Crippen LogP contribution is 2.36. The van der Waals surface area contributed by atoms with Gasteiger partial charge < -0.3 is 10.8 Å². The highest BCUT2D eigenvalue weighted by Gasteiger charge is 2.41. The average Bonchev–Trinajstić information content (AvgIpc) is 2.30. The van der Waals surface area contributed by atoms with E-state index in [0.717, 1.165) is 6.42 Å². The topological polar surface area (TPSA) is 46.2 Å². The van der Waals surface area contributed by atoms with Gasteiger partial charge in [-0.2, -0.15) is 0 Å². The minimum atomic E-state index is -1.02. The summed E-state index contributed by atoms with van der Waals surface area (Å²) in [6.45, 7) is 6.04. The van der Waals surface area contributed by atoms with Gasteiger partial charge >= 0.3 is 0 Å². The van der Waals surface area contributed by atoms with Crippen molar-refractivity contribution in [1.29, 1.82) is 0 Å². The molecule has 2 unspecified atom stereocenters. The molecule has 96 valence electrons. The first-order valence-corrected chi connectivity index (χ1v) is 6.02. The predicted molar refractivity (Wildman–Crippen MR) is 68.2 cm³/mol. The smallest absolute Gasteiger partial charge is 0.126 e. The molecule has 1 aromatic rings. The molecule has 0 fully saturated rings. The Labute approximate surface area is 103 Å². The lowest BCUT2D eigenvalue weighted by atomic mass is 9.69. The molecule has 3 N–H and O–H groups in total. The molecule has 2 nitrogen and oxygen atoms in total. The summed E-state index contributed by atoms with van der Waals surface area (Å²) < 4.78 is 13.6. The Kier molecular flexibility index (Phi) is 4.28. The predicted octanol–water partition coefficient (Wildman–Crippen LogP) is 2.49. The lowest BCUT2D eigenvalue weighted by Crippen LogP contribution is -2.50. The summed E-state index contributed by atoms with van der Waals surface area (Å²) in [4.78, 5) is 0. The van der Waals surface area contributed by atoms with Crippen molar-refractivity contribution in [2.75, 3.05) is 6.54 Å². The van der Waals surface area contributed by atoms with Gasteiger partial charge in [0, 0.05) is 18.4 Å². The van der Waals surface area contributed by atoms with Crippen LogP contribution in [0.15, 0.2) is 24.3 Å². The van der Waals surface area contributed by atoms with Crippen LogP contribution in [-0.2, 0) is 6.42 Å². The third-order valence-corrected chi connectivity index (χ3v) is 4.02. The van der Waals surface area contributed by atoms with Gasteiger partial charge in [-0.1, -0.05) is 32.0 Å². The monoisotopic (exact) mass is 239 g/mol. The molecule has 0 saturated carbocycles. The van der Waals surface area contributed by atoms with Crippen LogP contribution >= 0.6 is 0 Å². The number of benzene rings is 1. The largest absolute Gasteiger partial charge is 0.389 e. The summed E-state index contributed by atoms with van der Waals surface area (Å²) in [7, 11) is 0. The zero-order valence-corrected chi connectivity index (χ0v) is 10.8. The van der Waals surface area contributed by atoms with Crippen molar-refractivity contribution in [3.63, 3.8) is 0 Å². The standard InChI is InChI=1S/C14H22FNO/c1-4-13(2,10-16)14(3,17)9-11-7-5-6-8-12(11)15/h5-8,17H,4,9-10,16H2,1-3H3. The van der Waals surface area contributed by atoms with E-state index in [1.165, 1.54) is 6.07 Å². The lowest BCUT2D eigenvalue weighted by Gasteiger charge is -2.42. The summed E-state index contributed by atoms with van der Waals surface area (Å²) in [5.74, 6) is -0.275. The van der Waals surface area contributed by atoms with Gasteiger partial charge in [0.05, 0.1) is 5.60 Å². The second-order valence-electron chi connectivity index (χ2n) is 5.16. The minimum Gasteiger partial charge on any atom is -0.389 e. The van der Waals surface area contributed by atoms with Gasteiger partial charge in [0.2, 0.25) is 0 Å². The molecule has 1 aromatic carbocycles. The number of aliphatic hydroxyl groups is 1. The van der Waals surface area contributed by atoms with Crippen molar-refractivity contribution < 1.29 is 9.50 Å². The molecular formula is C14H22FNO. The van der Waals surface area contributed by atoms with Gasteiger partial charge in [0.15, 0.2) is 0 Å². The van der Waals surface area contributed by atoms with Gasteiger partial charge in [-0.15, -0.1) is 0 Å². The Bertz CT molecular complexity index is 372. The molecule has 2 atom stereocenters. The van der Waals surface area contributed by atoms with Gasteiger partial charge in [-0.05, 0) is 25.0 Å². The maximum Gasteiger partial charge on any atom is 0.126 e. The molecule has 17 heavy (non-hydrogen) atoms. The van der Waals surface area contributed by atoms with Crippen LogP contribution in [0.3, 0.4) is 0 Å². The first-order chi connectivity index (χ1) is 7.86. The molecule has 0 aliphatic rings. The molecule has 1 rings (SSSR count). The maximum absolute atomic E-state index is 13.6. The molecule has 0 saturated heterocycles. The van der Waals surface area contributed by atoms with E-state index >= 15 is 0 Å². The van der Waals surface area contributed by atoms with Crippen LogP contribution in [0.1, 0.15) is 32.8 Å². The molecule has 0 spiro atoms. The van der Waals surface area contributed by atoms with Crippen LogP contribution in [0.2, 0.25) is 0 Å². The Morgan fingerprint density at radius 3 is 2.35 bits per heavy atom. The average molecular weight is 239 g/mol. The highest BCUT2D eigenvalue weighted by atomic mass is 19.1. The Balaban J connectivity index is 2.97. The van der Waals surface area contributed by atoms with Crippen LogP contribution < -0.4 is 5.73 Å². The molecule has 0 aliphatic heterocycles. The second-order valence-corrected chi connectivity index (χ2v) is 5.16. The molecular weight excluding hydrogens is 217 g/mol. The van der Waals surface area contributed by atoms with Gasteiger partial charge in [-0.25, -0.2) is 4.39 Å². The van der Waals surface area contributed by atoms with Crippen molar-refractivity contribution in [3.8, 4) is 0 Å². The van der Waals surface area contributed by atoms with Gasteiger partial charge in [0.1, 0.15) is 5.82 Å². The fraction of sp³-hybridized carbons (Fsp3) is 0.571. The fourth-order valence-electron chi connectivity index (χ4n) is 1.97. The quantitative estimate of drug-likeness (QED) is 0.829. The SMILES string of the molecule is CCC(C)(CN)C(C)(O)Cc1ccccc1F. The summed E-state index contributed by atoms with van der Waals surface area (Å²) >= 11 is 0. The van der Waals surface area contributed by atoms with Crippen molar-refractivity contribution in [2.24, 2.45) is 11.1 Å². The van der Waals surface area contributed by atoms with Crippen LogP contribution in [0, 0.1) is 11.2 Å². The van der Waals surface area contributed by atoms with E-state index in [1.54, 1.807) is 25.1 Å². The zero-order valence-electron chi connectivity index (χ0n) is 10.8. The second kappa shape index (κ2) is 5.15. The van der Waals surface area contributed by atoms with E-state index in [1.807, 2.05) is 13.8 Å². The van der Waals surface area contributed by atoms with Gasteiger partial charge in [-0.3, -0.25) is 0 Å². The molecule has 0 heterocycles. The number of halogens is 1. The third kappa shape index (κ3) is 2.85. The molecule has 3 heteroatoms. The van der Waals surface area contributed by atoms with E-state index in [2.05, 4.69) is 0 Å². The highest BCUT2D eigenvalue weighted by molar-refractivity contribution is 5.20. The number of rotatable bonds is 5. The Morgan fingerprint density at radius 1 is 1.29 bits per heavy atom. The Morgan fingerprint density at radius 2 is 1.88 bits per heavy atom. The summed E-state index contributed by atoms with van der Waals surface area (Å²) in [5, 5.41) is 10.6. The molecule has 0 aliphatic carbocycles. The van der Waals surface area contributed by atoms with Crippen LogP contribution in [0.4, 0.5) is 4.39 Å². The Hall–Kier alpha value is -0.930. The molecule has 0 bridgehead atoms. The van der Waals surface area contributed by atoms with E-state index in [9.17, 15) is 9.50 Å². The van der Waals surface area contributed by atoms with Crippen LogP contribution in [-0.4, -0.2) is 17.3 Å². The fourth-order valence-corrected chi connectivity index (χ4v) is 1.97. The van der Waals surface area contributed by atoms with E-state index in [0.29, 0.717) is 12.1 Å². The lowest BCUT2D eigenvalue weighted by molar-refractivity contribution is -0.0583. The number of hydrogen-bond donors (Lipinski definition) is 2. The maximum atomic E-state index is 13.6. The third-order valence-electron chi connectivity index (χ3n) is 4.02. The molecule has 0 aromatic heterocycles. The zero-order chi connectivity index (χ0) is 13.1. The summed E-state index contributed by atoms with van der Waals surface area (Å²) in [6.07, 6.45) is 1.03. The van der Waals surface area contributed by atoms with Crippen molar-refractivity contribution in [3.05, 3.63) is 35.6 Å². The van der Waals surface area contributed by atoms with Gasteiger partial charge in [0.25, 0.3) is 0 Å². The molecule has 0 radical (unpaired) electrons. The number of hydrogen-bond acceptors (Lipinski definition) is 2. The normalized spacial score (nSPS) is 18.5. The first kappa shape index (κ1) is 14.1. The molecule has 0 amide bonds. The van der Waals surface area contributed by atoms with E-state index in [4.69, 9.17) is 5.73 Å². The van der Waals surface area contributed by atoms with Crippen molar-refractivity contribution in [2.45, 2.75) is 39.2 Å². The van der Waals surface area contributed by atoms with Crippen LogP contribution in [0.25, 0.3) is 0 Å². The van der Waals surface area contributed by atoms with E-state index < -0.39 is 11.0 Å². The summed E-state index contributed by atoms with van der Waals surface area (Å²) in [6, 6.07) is 6.54. The van der Waals surface area contributed by atoms with E-state index in [-0.39, 0.29) is 12.2 Å². The summed E-state index contributed by atoms with van der Waals surface area (Å²) in [5.41, 5.74) is 4.85. The van der Waals surface area contributed by atoms with Crippen molar-refractivity contribution in [1.82, 2.24) is 0 Å². The first-order valence-electron chi connectivity index (χ1n) is 6.02. The van der Waals surface area contributed by atoms with Crippen molar-refractivity contribution >= 4 is 0 Å².